The molecule has 0 aromatic heterocycles. The Morgan fingerprint density at radius 1 is 1.35 bits per heavy atom. The lowest BCUT2D eigenvalue weighted by Gasteiger charge is -2.32. The van der Waals surface area contributed by atoms with Gasteiger partial charge in [-0.25, -0.2) is 0 Å². The van der Waals surface area contributed by atoms with Crippen molar-refractivity contribution in [3.05, 3.63) is 0 Å². The molecular weight excluding hydrogens is 218 g/mol. The Morgan fingerprint density at radius 3 is 2.71 bits per heavy atom. The molecule has 0 bridgehead atoms. The first kappa shape index (κ1) is 14.5. The summed E-state index contributed by atoms with van der Waals surface area (Å²) in [6.45, 7) is 3.23. The number of hydrogen-bond acceptors (Lipinski definition) is 4. The lowest BCUT2D eigenvalue weighted by atomic mass is 10.0. The molecule has 0 heterocycles. The van der Waals surface area contributed by atoms with Crippen LogP contribution in [0.25, 0.3) is 0 Å². The molecule has 0 saturated heterocycles. The zero-order chi connectivity index (χ0) is 12.7. The molecule has 0 aliphatic heterocycles. The van der Waals surface area contributed by atoms with E-state index in [2.05, 4.69) is 11.8 Å². The van der Waals surface area contributed by atoms with Gasteiger partial charge in [0.05, 0.1) is 19.8 Å². The minimum atomic E-state index is -0.297. The second kappa shape index (κ2) is 7.67. The van der Waals surface area contributed by atoms with Crippen molar-refractivity contribution in [3.63, 3.8) is 0 Å². The van der Waals surface area contributed by atoms with E-state index in [0.29, 0.717) is 6.54 Å². The summed E-state index contributed by atoms with van der Waals surface area (Å²) >= 11 is 0. The number of ether oxygens (including phenoxy) is 1. The molecule has 1 N–H and O–H groups in total. The van der Waals surface area contributed by atoms with Gasteiger partial charge in [-0.1, -0.05) is 26.2 Å². The average Bonchev–Trinajstić information content (AvgIpc) is 2.53. The number of carbonyl (C=O) groups is 1. The van der Waals surface area contributed by atoms with Crippen LogP contribution in [0.5, 0.6) is 0 Å². The summed E-state index contributed by atoms with van der Waals surface area (Å²) in [5.74, 6) is -0.213. The average molecular weight is 243 g/mol. The van der Waals surface area contributed by atoms with Gasteiger partial charge in [0.25, 0.3) is 0 Å². The van der Waals surface area contributed by atoms with Crippen molar-refractivity contribution < 1.29 is 14.6 Å². The predicted molar refractivity (Wildman–Crippen MR) is 66.8 cm³/mol. The van der Waals surface area contributed by atoms with Gasteiger partial charge in [0.1, 0.15) is 0 Å². The Morgan fingerprint density at radius 2 is 2.06 bits per heavy atom. The van der Waals surface area contributed by atoms with Gasteiger partial charge in [-0.3, -0.25) is 9.69 Å². The number of carbonyl (C=O) groups excluding carboxylic acids is 1. The number of hydrogen-bond donors (Lipinski definition) is 1. The first-order valence-corrected chi connectivity index (χ1v) is 6.68. The van der Waals surface area contributed by atoms with Crippen molar-refractivity contribution in [2.45, 2.75) is 57.6 Å². The first-order valence-electron chi connectivity index (χ1n) is 6.68. The standard InChI is InChI=1S/C13H25NO3/c1-3-9-14(10-13(16)17-2)11-7-5-4-6-8-12(11)15/h11-12,15H,3-10H2,1-2H3. The summed E-state index contributed by atoms with van der Waals surface area (Å²) in [7, 11) is 1.41. The third-order valence-electron chi connectivity index (χ3n) is 3.48. The molecule has 1 aliphatic carbocycles. The van der Waals surface area contributed by atoms with Crippen LogP contribution in [0.2, 0.25) is 0 Å². The summed E-state index contributed by atoms with van der Waals surface area (Å²) in [6.07, 6.45) is 5.95. The molecule has 1 fully saturated rings. The van der Waals surface area contributed by atoms with Gasteiger partial charge >= 0.3 is 5.97 Å². The Bertz CT molecular complexity index is 233. The topological polar surface area (TPSA) is 49.8 Å². The summed E-state index contributed by atoms with van der Waals surface area (Å²) < 4.78 is 4.72. The monoisotopic (exact) mass is 243 g/mol. The van der Waals surface area contributed by atoms with Crippen molar-refractivity contribution in [1.82, 2.24) is 4.90 Å². The zero-order valence-corrected chi connectivity index (χ0v) is 11.0. The van der Waals surface area contributed by atoms with E-state index < -0.39 is 0 Å². The number of rotatable bonds is 5. The SMILES string of the molecule is CCCN(CC(=O)OC)C1CCCCCC1O. The molecule has 0 aromatic carbocycles. The molecule has 2 unspecified atom stereocenters. The molecule has 4 heteroatoms. The van der Waals surface area contributed by atoms with Crippen LogP contribution in [0.1, 0.15) is 45.4 Å². The van der Waals surface area contributed by atoms with E-state index in [4.69, 9.17) is 4.74 Å². The van der Waals surface area contributed by atoms with Crippen molar-refractivity contribution in [2.75, 3.05) is 20.2 Å². The minimum Gasteiger partial charge on any atom is -0.468 e. The smallest absolute Gasteiger partial charge is 0.319 e. The fourth-order valence-corrected chi connectivity index (χ4v) is 2.57. The van der Waals surface area contributed by atoms with E-state index in [-0.39, 0.29) is 18.1 Å². The number of methoxy groups -OCH3 is 1. The van der Waals surface area contributed by atoms with Crippen LogP contribution < -0.4 is 0 Å². The highest BCUT2D eigenvalue weighted by Crippen LogP contribution is 2.22. The van der Waals surface area contributed by atoms with Gasteiger partial charge in [-0.05, 0) is 25.8 Å². The lowest BCUT2D eigenvalue weighted by Crippen LogP contribution is -2.46. The quantitative estimate of drug-likeness (QED) is 0.588. The minimum absolute atomic E-state index is 0.122. The van der Waals surface area contributed by atoms with Crippen LogP contribution in [0.4, 0.5) is 0 Å². The molecule has 2 atom stereocenters. The van der Waals surface area contributed by atoms with Crippen molar-refractivity contribution in [3.8, 4) is 0 Å². The van der Waals surface area contributed by atoms with Gasteiger partial charge in [-0.2, -0.15) is 0 Å². The highest BCUT2D eigenvalue weighted by Gasteiger charge is 2.28. The maximum Gasteiger partial charge on any atom is 0.319 e. The molecule has 0 aromatic rings. The fourth-order valence-electron chi connectivity index (χ4n) is 2.57. The van der Waals surface area contributed by atoms with Crippen molar-refractivity contribution in [1.29, 1.82) is 0 Å². The molecule has 0 spiro atoms. The largest absolute Gasteiger partial charge is 0.468 e. The van der Waals surface area contributed by atoms with E-state index in [9.17, 15) is 9.90 Å². The van der Waals surface area contributed by atoms with E-state index in [1.165, 1.54) is 13.5 Å². The number of esters is 1. The van der Waals surface area contributed by atoms with E-state index in [0.717, 1.165) is 38.6 Å². The van der Waals surface area contributed by atoms with Gasteiger partial charge in [0.15, 0.2) is 0 Å². The first-order chi connectivity index (χ1) is 8.19. The van der Waals surface area contributed by atoms with Crippen LogP contribution in [-0.2, 0) is 9.53 Å². The van der Waals surface area contributed by atoms with E-state index in [1.807, 2.05) is 0 Å². The van der Waals surface area contributed by atoms with Gasteiger partial charge in [0, 0.05) is 6.04 Å². The van der Waals surface area contributed by atoms with Gasteiger partial charge in [0.2, 0.25) is 0 Å². The number of nitrogens with zero attached hydrogens (tertiary/aromatic N) is 1. The summed E-state index contributed by atoms with van der Waals surface area (Å²) in [6, 6.07) is 0.122. The van der Waals surface area contributed by atoms with Gasteiger partial charge < -0.3 is 9.84 Å². The highest BCUT2D eigenvalue weighted by molar-refractivity contribution is 5.71. The Hall–Kier alpha value is -0.610. The molecule has 1 rings (SSSR count). The fraction of sp³-hybridized carbons (Fsp3) is 0.923. The molecule has 1 saturated carbocycles. The molecule has 0 amide bonds. The predicted octanol–water partition coefficient (Wildman–Crippen LogP) is 1.56. The lowest BCUT2D eigenvalue weighted by molar-refractivity contribution is -0.143. The second-order valence-corrected chi connectivity index (χ2v) is 4.82. The maximum atomic E-state index is 11.4. The summed E-state index contributed by atoms with van der Waals surface area (Å²) in [5, 5.41) is 10.1. The maximum absolute atomic E-state index is 11.4. The number of aliphatic hydroxyl groups excluding tert-OH is 1. The van der Waals surface area contributed by atoms with Crippen molar-refractivity contribution in [2.24, 2.45) is 0 Å². The van der Waals surface area contributed by atoms with Crippen LogP contribution in [0, 0.1) is 0 Å². The molecule has 100 valence electrons. The summed E-state index contributed by atoms with van der Waals surface area (Å²) in [5.41, 5.74) is 0. The van der Waals surface area contributed by atoms with E-state index in [1.54, 1.807) is 0 Å². The third kappa shape index (κ3) is 4.64. The van der Waals surface area contributed by atoms with Crippen LogP contribution in [0.15, 0.2) is 0 Å². The third-order valence-corrected chi connectivity index (χ3v) is 3.48. The molecule has 4 nitrogen and oxygen atoms in total. The highest BCUT2D eigenvalue weighted by atomic mass is 16.5. The molecule has 17 heavy (non-hydrogen) atoms. The van der Waals surface area contributed by atoms with Crippen molar-refractivity contribution >= 4 is 5.97 Å². The zero-order valence-electron chi connectivity index (χ0n) is 11.0. The Kier molecular flexibility index (Phi) is 6.52. The molecule has 1 aliphatic rings. The summed E-state index contributed by atoms with van der Waals surface area (Å²) in [4.78, 5) is 13.5. The number of aliphatic hydroxyl groups is 1. The van der Waals surface area contributed by atoms with Crippen LogP contribution in [-0.4, -0.2) is 48.3 Å². The molecular formula is C13H25NO3. The van der Waals surface area contributed by atoms with Crippen LogP contribution >= 0.6 is 0 Å². The van der Waals surface area contributed by atoms with Gasteiger partial charge in [-0.15, -0.1) is 0 Å². The van der Waals surface area contributed by atoms with Crippen LogP contribution in [0.3, 0.4) is 0 Å². The van der Waals surface area contributed by atoms with E-state index >= 15 is 0 Å². The second-order valence-electron chi connectivity index (χ2n) is 4.82. The normalized spacial score (nSPS) is 25.6. The molecule has 0 radical (unpaired) electrons. The Labute approximate surface area is 104 Å². The Balaban J connectivity index is 2.62.